The third-order valence-corrected chi connectivity index (χ3v) is 2.68. The number of aryl methyl sites for hydroxylation is 3. The largest absolute Gasteiger partial charge is 0.504 e. The zero-order valence-corrected chi connectivity index (χ0v) is 10.6. The maximum absolute atomic E-state index is 10.0. The number of rotatable bonds is 5. The van der Waals surface area contributed by atoms with Crippen LogP contribution in [-0.4, -0.2) is 26.7 Å². The van der Waals surface area contributed by atoms with Crippen LogP contribution in [0.25, 0.3) is 0 Å². The SMILES string of the molecule is CCOc1cccc(CCc2cn(C)nn2)c1O. The maximum atomic E-state index is 10.0. The molecule has 0 fully saturated rings. The molecule has 2 aromatic rings. The highest BCUT2D eigenvalue weighted by Crippen LogP contribution is 2.30. The van der Waals surface area contributed by atoms with Gasteiger partial charge in [-0.2, -0.15) is 0 Å². The van der Waals surface area contributed by atoms with E-state index in [1.165, 1.54) is 0 Å². The lowest BCUT2D eigenvalue weighted by Crippen LogP contribution is -1.96. The number of ether oxygens (including phenoxy) is 1. The van der Waals surface area contributed by atoms with E-state index in [4.69, 9.17) is 4.74 Å². The highest BCUT2D eigenvalue weighted by atomic mass is 16.5. The van der Waals surface area contributed by atoms with Crippen LogP contribution < -0.4 is 4.74 Å². The second kappa shape index (κ2) is 5.53. The van der Waals surface area contributed by atoms with Gasteiger partial charge in [0.1, 0.15) is 0 Å². The molecule has 0 atom stereocenters. The lowest BCUT2D eigenvalue weighted by Gasteiger charge is -2.09. The number of benzene rings is 1. The van der Waals surface area contributed by atoms with E-state index >= 15 is 0 Å². The molecule has 0 spiro atoms. The molecule has 0 saturated carbocycles. The smallest absolute Gasteiger partial charge is 0.161 e. The number of aromatic nitrogens is 3. The predicted molar refractivity (Wildman–Crippen MR) is 67.7 cm³/mol. The van der Waals surface area contributed by atoms with Crippen LogP contribution in [-0.2, 0) is 19.9 Å². The lowest BCUT2D eigenvalue weighted by molar-refractivity contribution is 0.316. The van der Waals surface area contributed by atoms with Crippen molar-refractivity contribution in [3.05, 3.63) is 35.7 Å². The van der Waals surface area contributed by atoms with E-state index in [2.05, 4.69) is 10.3 Å². The summed E-state index contributed by atoms with van der Waals surface area (Å²) >= 11 is 0. The van der Waals surface area contributed by atoms with Crippen LogP contribution >= 0.6 is 0 Å². The minimum absolute atomic E-state index is 0.225. The molecule has 2 rings (SSSR count). The molecule has 5 nitrogen and oxygen atoms in total. The molecule has 18 heavy (non-hydrogen) atoms. The van der Waals surface area contributed by atoms with Gasteiger partial charge < -0.3 is 9.84 Å². The van der Waals surface area contributed by atoms with Crippen molar-refractivity contribution in [2.45, 2.75) is 19.8 Å². The molecule has 0 bridgehead atoms. The van der Waals surface area contributed by atoms with E-state index in [1.807, 2.05) is 32.3 Å². The molecule has 1 N–H and O–H groups in total. The number of hydrogen-bond acceptors (Lipinski definition) is 4. The number of para-hydroxylation sites is 1. The summed E-state index contributed by atoms with van der Waals surface area (Å²) in [5.41, 5.74) is 1.78. The Kier molecular flexibility index (Phi) is 3.82. The first-order chi connectivity index (χ1) is 8.70. The number of phenolic OH excluding ortho intramolecular Hbond substituents is 1. The monoisotopic (exact) mass is 247 g/mol. The van der Waals surface area contributed by atoms with Crippen LogP contribution in [0.4, 0.5) is 0 Å². The summed E-state index contributed by atoms with van der Waals surface area (Å²) < 4.78 is 7.02. The molecule has 1 aromatic carbocycles. The van der Waals surface area contributed by atoms with Crippen LogP contribution in [0.3, 0.4) is 0 Å². The summed E-state index contributed by atoms with van der Waals surface area (Å²) in [6.45, 7) is 2.44. The first-order valence-corrected chi connectivity index (χ1v) is 5.99. The van der Waals surface area contributed by atoms with Crippen molar-refractivity contribution in [1.29, 1.82) is 0 Å². The van der Waals surface area contributed by atoms with Crippen molar-refractivity contribution in [3.8, 4) is 11.5 Å². The predicted octanol–water partition coefficient (Wildman–Crippen LogP) is 1.70. The van der Waals surface area contributed by atoms with E-state index in [0.717, 1.165) is 17.7 Å². The fourth-order valence-electron chi connectivity index (χ4n) is 1.81. The van der Waals surface area contributed by atoms with Crippen LogP contribution in [0.5, 0.6) is 11.5 Å². The third kappa shape index (κ3) is 2.80. The molecule has 0 aliphatic carbocycles. The molecule has 5 heteroatoms. The van der Waals surface area contributed by atoms with E-state index in [1.54, 1.807) is 10.7 Å². The summed E-state index contributed by atoms with van der Waals surface area (Å²) in [4.78, 5) is 0. The Hall–Kier alpha value is -2.04. The van der Waals surface area contributed by atoms with Gasteiger partial charge in [0.05, 0.1) is 12.3 Å². The average molecular weight is 247 g/mol. The maximum Gasteiger partial charge on any atom is 0.161 e. The molecule has 96 valence electrons. The quantitative estimate of drug-likeness (QED) is 0.873. The van der Waals surface area contributed by atoms with Gasteiger partial charge in [-0.05, 0) is 31.4 Å². The fraction of sp³-hybridized carbons (Fsp3) is 0.385. The van der Waals surface area contributed by atoms with Crippen molar-refractivity contribution >= 4 is 0 Å². The van der Waals surface area contributed by atoms with Crippen LogP contribution in [0, 0.1) is 0 Å². The molecular weight excluding hydrogens is 230 g/mol. The summed E-state index contributed by atoms with van der Waals surface area (Å²) in [5.74, 6) is 0.761. The van der Waals surface area contributed by atoms with Gasteiger partial charge in [0, 0.05) is 13.2 Å². The first kappa shape index (κ1) is 12.4. The Balaban J connectivity index is 2.07. The van der Waals surface area contributed by atoms with Crippen molar-refractivity contribution < 1.29 is 9.84 Å². The summed E-state index contributed by atoms with van der Waals surface area (Å²) in [7, 11) is 1.84. The zero-order valence-electron chi connectivity index (χ0n) is 10.6. The second-order valence-electron chi connectivity index (χ2n) is 4.08. The fourth-order valence-corrected chi connectivity index (χ4v) is 1.81. The normalized spacial score (nSPS) is 10.6. The van der Waals surface area contributed by atoms with Crippen LogP contribution in [0.15, 0.2) is 24.4 Å². The van der Waals surface area contributed by atoms with Crippen molar-refractivity contribution in [2.75, 3.05) is 6.61 Å². The minimum atomic E-state index is 0.225. The highest BCUT2D eigenvalue weighted by Gasteiger charge is 2.08. The lowest BCUT2D eigenvalue weighted by atomic mass is 10.1. The first-order valence-electron chi connectivity index (χ1n) is 5.99. The van der Waals surface area contributed by atoms with E-state index in [0.29, 0.717) is 18.8 Å². The minimum Gasteiger partial charge on any atom is -0.504 e. The Morgan fingerprint density at radius 3 is 2.83 bits per heavy atom. The van der Waals surface area contributed by atoms with E-state index in [-0.39, 0.29) is 5.75 Å². The molecule has 1 heterocycles. The second-order valence-corrected chi connectivity index (χ2v) is 4.08. The molecule has 1 aromatic heterocycles. The molecule has 0 saturated heterocycles. The van der Waals surface area contributed by atoms with Crippen molar-refractivity contribution in [1.82, 2.24) is 15.0 Å². The zero-order chi connectivity index (χ0) is 13.0. The number of phenols is 1. The standard InChI is InChI=1S/C13H17N3O2/c1-3-18-12-6-4-5-10(13(12)17)7-8-11-9-16(2)15-14-11/h4-6,9,17H,3,7-8H2,1-2H3. The van der Waals surface area contributed by atoms with Crippen LogP contribution in [0.1, 0.15) is 18.2 Å². The highest BCUT2D eigenvalue weighted by molar-refractivity contribution is 5.45. The molecular formula is C13H17N3O2. The molecule has 0 unspecified atom stereocenters. The molecule has 0 radical (unpaired) electrons. The van der Waals surface area contributed by atoms with Crippen molar-refractivity contribution in [2.24, 2.45) is 7.05 Å². The van der Waals surface area contributed by atoms with Gasteiger partial charge in [-0.3, -0.25) is 4.68 Å². The number of nitrogens with zero attached hydrogens (tertiary/aromatic N) is 3. The summed E-state index contributed by atoms with van der Waals surface area (Å²) in [5, 5.41) is 17.9. The molecule has 0 amide bonds. The topological polar surface area (TPSA) is 60.2 Å². The van der Waals surface area contributed by atoms with Gasteiger partial charge in [-0.25, -0.2) is 0 Å². The molecule has 0 aliphatic heterocycles. The molecule has 0 aliphatic rings. The number of hydrogen-bond donors (Lipinski definition) is 1. The van der Waals surface area contributed by atoms with E-state index < -0.39 is 0 Å². The van der Waals surface area contributed by atoms with Gasteiger partial charge in [-0.15, -0.1) is 5.10 Å². The Bertz CT molecular complexity index is 523. The van der Waals surface area contributed by atoms with Gasteiger partial charge >= 0.3 is 0 Å². The Morgan fingerprint density at radius 1 is 1.33 bits per heavy atom. The summed E-state index contributed by atoms with van der Waals surface area (Å²) in [6.07, 6.45) is 3.34. The average Bonchev–Trinajstić information content (AvgIpc) is 2.77. The van der Waals surface area contributed by atoms with Crippen molar-refractivity contribution in [3.63, 3.8) is 0 Å². The third-order valence-electron chi connectivity index (χ3n) is 2.68. The Morgan fingerprint density at radius 2 is 2.17 bits per heavy atom. The summed E-state index contributed by atoms with van der Waals surface area (Å²) in [6, 6.07) is 5.55. The number of aromatic hydroxyl groups is 1. The van der Waals surface area contributed by atoms with Gasteiger partial charge in [0.2, 0.25) is 0 Å². The van der Waals surface area contributed by atoms with Gasteiger partial charge in [-0.1, -0.05) is 17.3 Å². The van der Waals surface area contributed by atoms with Gasteiger partial charge in [0.25, 0.3) is 0 Å². The van der Waals surface area contributed by atoms with E-state index in [9.17, 15) is 5.11 Å². The van der Waals surface area contributed by atoms with Gasteiger partial charge in [0.15, 0.2) is 11.5 Å². The Labute approximate surface area is 106 Å². The van der Waals surface area contributed by atoms with Crippen LogP contribution in [0.2, 0.25) is 0 Å².